The minimum atomic E-state index is -0.0111. The van der Waals surface area contributed by atoms with Crippen molar-refractivity contribution in [3.05, 3.63) is 46.5 Å². The number of nitrogens with zero attached hydrogens (tertiary/aromatic N) is 2. The third kappa shape index (κ3) is 2.62. The molecule has 2 heterocycles. The van der Waals surface area contributed by atoms with E-state index in [9.17, 15) is 0 Å². The number of aromatic nitrogens is 2. The summed E-state index contributed by atoms with van der Waals surface area (Å²) >= 11 is 12.2. The Balaban J connectivity index is 1.99. The first-order valence-electron chi connectivity index (χ1n) is 6.05. The summed E-state index contributed by atoms with van der Waals surface area (Å²) in [7, 11) is 0. The molecule has 0 bridgehead atoms. The monoisotopic (exact) mass is 297 g/mol. The Bertz CT molecular complexity index is 579. The Morgan fingerprint density at radius 3 is 3.00 bits per heavy atom. The highest BCUT2D eigenvalue weighted by molar-refractivity contribution is 6.35. The second-order valence-electron chi connectivity index (χ2n) is 4.35. The molecule has 3 rings (SSSR count). The zero-order chi connectivity index (χ0) is 13.2. The molecule has 0 saturated carbocycles. The second kappa shape index (κ2) is 5.51. The molecule has 1 saturated heterocycles. The van der Waals surface area contributed by atoms with Gasteiger partial charge < -0.3 is 10.1 Å². The van der Waals surface area contributed by atoms with Crippen molar-refractivity contribution in [2.75, 3.05) is 19.7 Å². The van der Waals surface area contributed by atoms with Gasteiger partial charge in [-0.25, -0.2) is 4.98 Å². The highest BCUT2D eigenvalue weighted by Crippen LogP contribution is 2.28. The fraction of sp³-hybridized carbons (Fsp3) is 0.308. The van der Waals surface area contributed by atoms with Crippen LogP contribution in [0.3, 0.4) is 0 Å². The summed E-state index contributed by atoms with van der Waals surface area (Å²) in [6.45, 7) is 2.35. The van der Waals surface area contributed by atoms with Crippen LogP contribution in [-0.2, 0) is 4.74 Å². The molecule has 1 unspecified atom stereocenters. The summed E-state index contributed by atoms with van der Waals surface area (Å²) in [5, 5.41) is 4.52. The molecule has 100 valence electrons. The first-order valence-corrected chi connectivity index (χ1v) is 6.81. The predicted molar refractivity (Wildman–Crippen MR) is 75.1 cm³/mol. The van der Waals surface area contributed by atoms with E-state index in [2.05, 4.69) is 10.3 Å². The molecule has 0 spiro atoms. The summed E-state index contributed by atoms with van der Waals surface area (Å²) in [5.41, 5.74) is 1.84. The SMILES string of the molecule is Clc1ccc(-n2cncc2C2CNCCO2)c(Cl)c1. The minimum Gasteiger partial charge on any atom is -0.369 e. The first-order chi connectivity index (χ1) is 9.25. The lowest BCUT2D eigenvalue weighted by molar-refractivity contribution is 0.0240. The molecule has 1 aromatic heterocycles. The Labute approximate surface area is 121 Å². The van der Waals surface area contributed by atoms with Gasteiger partial charge in [-0.15, -0.1) is 0 Å². The van der Waals surface area contributed by atoms with Crippen LogP contribution >= 0.6 is 23.2 Å². The Kier molecular flexibility index (Phi) is 3.75. The number of hydrogen-bond acceptors (Lipinski definition) is 3. The van der Waals surface area contributed by atoms with Crippen LogP contribution in [0.15, 0.2) is 30.7 Å². The van der Waals surface area contributed by atoms with E-state index < -0.39 is 0 Å². The molecule has 0 aliphatic carbocycles. The van der Waals surface area contributed by atoms with Crippen LogP contribution in [-0.4, -0.2) is 29.2 Å². The number of nitrogens with one attached hydrogen (secondary N) is 1. The van der Waals surface area contributed by atoms with E-state index in [4.69, 9.17) is 27.9 Å². The van der Waals surface area contributed by atoms with E-state index in [-0.39, 0.29) is 6.10 Å². The van der Waals surface area contributed by atoms with Gasteiger partial charge >= 0.3 is 0 Å². The minimum absolute atomic E-state index is 0.0111. The fourth-order valence-electron chi connectivity index (χ4n) is 2.18. The van der Waals surface area contributed by atoms with Gasteiger partial charge in [0.25, 0.3) is 0 Å². The Morgan fingerprint density at radius 1 is 1.37 bits per heavy atom. The van der Waals surface area contributed by atoms with Gasteiger partial charge in [-0.05, 0) is 18.2 Å². The maximum absolute atomic E-state index is 6.24. The van der Waals surface area contributed by atoms with E-state index in [1.54, 1.807) is 12.4 Å². The zero-order valence-corrected chi connectivity index (χ0v) is 11.7. The van der Waals surface area contributed by atoms with Crippen LogP contribution < -0.4 is 5.32 Å². The lowest BCUT2D eigenvalue weighted by Crippen LogP contribution is -2.34. The molecule has 19 heavy (non-hydrogen) atoms. The Hall–Kier alpha value is -1.07. The van der Waals surface area contributed by atoms with Gasteiger partial charge in [-0.1, -0.05) is 23.2 Å². The Morgan fingerprint density at radius 2 is 2.26 bits per heavy atom. The smallest absolute Gasteiger partial charge is 0.112 e. The molecular formula is C13H13Cl2N3O. The van der Waals surface area contributed by atoms with Crippen molar-refractivity contribution in [3.8, 4) is 5.69 Å². The highest BCUT2D eigenvalue weighted by Gasteiger charge is 2.20. The normalized spacial score (nSPS) is 19.6. The van der Waals surface area contributed by atoms with Crippen LogP contribution in [0.5, 0.6) is 0 Å². The topological polar surface area (TPSA) is 39.1 Å². The van der Waals surface area contributed by atoms with Crippen molar-refractivity contribution in [1.82, 2.24) is 14.9 Å². The van der Waals surface area contributed by atoms with Crippen molar-refractivity contribution < 1.29 is 4.74 Å². The first kappa shape index (κ1) is 12.9. The molecular weight excluding hydrogens is 285 g/mol. The maximum atomic E-state index is 6.24. The van der Waals surface area contributed by atoms with Crippen LogP contribution in [0.25, 0.3) is 5.69 Å². The fourth-order valence-corrected chi connectivity index (χ4v) is 2.68. The van der Waals surface area contributed by atoms with E-state index >= 15 is 0 Å². The average molecular weight is 298 g/mol. The molecule has 0 radical (unpaired) electrons. The predicted octanol–water partition coefficient (Wildman–Crippen LogP) is 2.84. The van der Waals surface area contributed by atoms with Crippen molar-refractivity contribution >= 4 is 23.2 Å². The lowest BCUT2D eigenvalue weighted by Gasteiger charge is -2.24. The van der Waals surface area contributed by atoms with Gasteiger partial charge in [0.05, 0.1) is 35.5 Å². The molecule has 1 aliphatic rings. The van der Waals surface area contributed by atoms with Gasteiger partial charge in [-0.2, -0.15) is 0 Å². The molecule has 4 nitrogen and oxygen atoms in total. The third-order valence-corrected chi connectivity index (χ3v) is 3.63. The number of morpholine rings is 1. The van der Waals surface area contributed by atoms with Crippen molar-refractivity contribution in [1.29, 1.82) is 0 Å². The van der Waals surface area contributed by atoms with Crippen LogP contribution in [0.1, 0.15) is 11.8 Å². The van der Waals surface area contributed by atoms with Crippen molar-refractivity contribution in [2.24, 2.45) is 0 Å². The standard InChI is InChI=1S/C13H13Cl2N3O/c14-9-1-2-11(10(15)5-9)18-8-17-6-12(18)13-7-16-3-4-19-13/h1-2,5-6,8,13,16H,3-4,7H2. The molecule has 6 heteroatoms. The number of halogens is 2. The third-order valence-electron chi connectivity index (χ3n) is 3.09. The van der Waals surface area contributed by atoms with Gasteiger partial charge in [0.1, 0.15) is 6.10 Å². The van der Waals surface area contributed by atoms with E-state index in [0.717, 1.165) is 24.5 Å². The number of benzene rings is 1. The van der Waals surface area contributed by atoms with Crippen LogP contribution in [0.2, 0.25) is 10.0 Å². The van der Waals surface area contributed by atoms with E-state index in [1.807, 2.05) is 22.9 Å². The number of imidazole rings is 1. The quantitative estimate of drug-likeness (QED) is 0.926. The van der Waals surface area contributed by atoms with Crippen LogP contribution in [0, 0.1) is 0 Å². The van der Waals surface area contributed by atoms with Crippen molar-refractivity contribution in [2.45, 2.75) is 6.10 Å². The molecule has 1 aromatic carbocycles. The molecule has 1 fully saturated rings. The molecule has 1 aliphatic heterocycles. The second-order valence-corrected chi connectivity index (χ2v) is 5.19. The summed E-state index contributed by atoms with van der Waals surface area (Å²) in [6, 6.07) is 5.42. The summed E-state index contributed by atoms with van der Waals surface area (Å²) in [4.78, 5) is 4.20. The highest BCUT2D eigenvalue weighted by atomic mass is 35.5. The largest absolute Gasteiger partial charge is 0.369 e. The van der Waals surface area contributed by atoms with Crippen molar-refractivity contribution in [3.63, 3.8) is 0 Å². The molecule has 1 atom stereocenters. The number of rotatable bonds is 2. The molecule has 2 aromatic rings. The van der Waals surface area contributed by atoms with Gasteiger partial charge in [0, 0.05) is 18.1 Å². The lowest BCUT2D eigenvalue weighted by atomic mass is 10.2. The molecule has 0 amide bonds. The summed E-state index contributed by atoms with van der Waals surface area (Å²) in [6.07, 6.45) is 3.54. The van der Waals surface area contributed by atoms with Gasteiger partial charge in [0.2, 0.25) is 0 Å². The number of hydrogen-bond donors (Lipinski definition) is 1. The van der Waals surface area contributed by atoms with Crippen LogP contribution in [0.4, 0.5) is 0 Å². The number of ether oxygens (including phenoxy) is 1. The van der Waals surface area contributed by atoms with Gasteiger partial charge in [0.15, 0.2) is 0 Å². The summed E-state index contributed by atoms with van der Waals surface area (Å²) < 4.78 is 7.70. The maximum Gasteiger partial charge on any atom is 0.112 e. The average Bonchev–Trinajstić information content (AvgIpc) is 2.89. The van der Waals surface area contributed by atoms with E-state index in [1.165, 1.54) is 0 Å². The summed E-state index contributed by atoms with van der Waals surface area (Å²) in [5.74, 6) is 0. The zero-order valence-electron chi connectivity index (χ0n) is 10.1. The van der Waals surface area contributed by atoms with E-state index in [0.29, 0.717) is 16.7 Å². The van der Waals surface area contributed by atoms with Gasteiger partial charge in [-0.3, -0.25) is 4.57 Å². The molecule has 1 N–H and O–H groups in total.